The van der Waals surface area contributed by atoms with Gasteiger partial charge in [-0.1, -0.05) is 19.9 Å². The number of methoxy groups -OCH3 is 1. The molecule has 0 saturated heterocycles. The molecule has 1 N–H and O–H groups in total. The molecule has 0 fully saturated rings. The van der Waals surface area contributed by atoms with Gasteiger partial charge in [-0.25, -0.2) is 0 Å². The first-order valence-electron chi connectivity index (χ1n) is 7.93. The molecule has 1 aromatic rings. The Labute approximate surface area is 130 Å². The minimum absolute atomic E-state index is 0.355. The Morgan fingerprint density at radius 1 is 1.19 bits per heavy atom. The number of nitrogens with zero attached hydrogens (tertiary/aromatic N) is 1. The minimum Gasteiger partial charge on any atom is -0.496 e. The molecule has 0 amide bonds. The molecule has 0 bridgehead atoms. The highest BCUT2D eigenvalue weighted by molar-refractivity contribution is 5.38. The predicted molar refractivity (Wildman–Crippen MR) is 90.9 cm³/mol. The second kappa shape index (κ2) is 8.40. The monoisotopic (exact) mass is 292 g/mol. The van der Waals surface area contributed by atoms with Crippen LogP contribution in [0.15, 0.2) is 18.2 Å². The Morgan fingerprint density at radius 2 is 1.86 bits per heavy atom. The first-order valence-corrected chi connectivity index (χ1v) is 7.93. The van der Waals surface area contributed by atoms with Crippen LogP contribution in [0.5, 0.6) is 5.75 Å². The molecule has 3 nitrogen and oxygen atoms in total. The highest BCUT2D eigenvalue weighted by Crippen LogP contribution is 2.25. The summed E-state index contributed by atoms with van der Waals surface area (Å²) in [4.78, 5) is 2.41. The Morgan fingerprint density at radius 3 is 2.38 bits per heavy atom. The third-order valence-electron chi connectivity index (χ3n) is 4.22. The summed E-state index contributed by atoms with van der Waals surface area (Å²) in [6, 6.07) is 7.41. The maximum atomic E-state index is 5.53. The third kappa shape index (κ3) is 5.33. The van der Waals surface area contributed by atoms with Crippen molar-refractivity contribution in [2.24, 2.45) is 5.92 Å². The zero-order chi connectivity index (χ0) is 16.0. The molecule has 0 aliphatic carbocycles. The lowest BCUT2D eigenvalue weighted by Crippen LogP contribution is -2.30. The van der Waals surface area contributed by atoms with E-state index < -0.39 is 0 Å². The van der Waals surface area contributed by atoms with Crippen LogP contribution in [0.4, 0.5) is 0 Å². The summed E-state index contributed by atoms with van der Waals surface area (Å²) >= 11 is 0. The second-order valence-electron chi connectivity index (χ2n) is 6.48. The second-order valence-corrected chi connectivity index (χ2v) is 6.48. The quantitative estimate of drug-likeness (QED) is 0.788. The Kier molecular flexibility index (Phi) is 7.20. The highest BCUT2D eigenvalue weighted by atomic mass is 16.5. The van der Waals surface area contributed by atoms with Crippen molar-refractivity contribution in [2.45, 2.75) is 52.7 Å². The maximum absolute atomic E-state index is 5.53. The van der Waals surface area contributed by atoms with E-state index >= 15 is 0 Å². The lowest BCUT2D eigenvalue weighted by molar-refractivity contribution is 0.218. The Balaban J connectivity index is 2.89. The van der Waals surface area contributed by atoms with E-state index in [4.69, 9.17) is 4.74 Å². The molecule has 0 aliphatic heterocycles. The minimum atomic E-state index is 0.355. The number of ether oxygens (including phenoxy) is 1. The van der Waals surface area contributed by atoms with E-state index in [1.54, 1.807) is 7.11 Å². The lowest BCUT2D eigenvalue weighted by Gasteiger charge is -2.27. The van der Waals surface area contributed by atoms with Crippen molar-refractivity contribution in [2.75, 3.05) is 21.2 Å². The van der Waals surface area contributed by atoms with Gasteiger partial charge >= 0.3 is 0 Å². The smallest absolute Gasteiger partial charge is 0.123 e. The average molecular weight is 292 g/mol. The number of nitrogens with one attached hydrogen (secondary N) is 1. The maximum Gasteiger partial charge on any atom is 0.123 e. The average Bonchev–Trinajstić information content (AvgIpc) is 2.45. The molecule has 21 heavy (non-hydrogen) atoms. The van der Waals surface area contributed by atoms with E-state index in [0.29, 0.717) is 12.1 Å². The summed E-state index contributed by atoms with van der Waals surface area (Å²) in [6.07, 6.45) is 1.21. The topological polar surface area (TPSA) is 24.5 Å². The number of hydrogen-bond donors (Lipinski definition) is 1. The van der Waals surface area contributed by atoms with Crippen LogP contribution in [0.1, 0.15) is 51.3 Å². The SMILES string of the molecule is CNC(C)c1ccc(OC)c(CN(C)C(C)CC(C)C)c1. The fourth-order valence-corrected chi connectivity index (χ4v) is 2.64. The number of hydrogen-bond acceptors (Lipinski definition) is 3. The summed E-state index contributed by atoms with van der Waals surface area (Å²) in [5, 5.41) is 3.29. The van der Waals surface area contributed by atoms with Gasteiger partial charge in [-0.15, -0.1) is 0 Å². The third-order valence-corrected chi connectivity index (χ3v) is 4.22. The van der Waals surface area contributed by atoms with Gasteiger partial charge in [0.2, 0.25) is 0 Å². The van der Waals surface area contributed by atoms with Crippen LogP contribution >= 0.6 is 0 Å². The lowest BCUT2D eigenvalue weighted by atomic mass is 10.0. The zero-order valence-electron chi connectivity index (χ0n) is 14.7. The summed E-state index contributed by atoms with van der Waals surface area (Å²) in [6.45, 7) is 9.95. The summed E-state index contributed by atoms with van der Waals surface area (Å²) in [5.41, 5.74) is 2.56. The van der Waals surface area contributed by atoms with Crippen molar-refractivity contribution < 1.29 is 4.74 Å². The molecule has 0 radical (unpaired) electrons. The molecule has 0 saturated carbocycles. The fourth-order valence-electron chi connectivity index (χ4n) is 2.64. The van der Waals surface area contributed by atoms with Gasteiger partial charge in [0, 0.05) is 24.2 Å². The molecule has 0 heterocycles. The van der Waals surface area contributed by atoms with Crippen molar-refractivity contribution in [3.05, 3.63) is 29.3 Å². The molecule has 1 aromatic carbocycles. The van der Waals surface area contributed by atoms with Crippen LogP contribution in [0.3, 0.4) is 0 Å². The van der Waals surface area contributed by atoms with E-state index in [0.717, 1.165) is 18.2 Å². The Bertz CT molecular complexity index is 431. The molecule has 120 valence electrons. The van der Waals surface area contributed by atoms with Gasteiger partial charge in [-0.3, -0.25) is 4.90 Å². The molecule has 2 atom stereocenters. The van der Waals surface area contributed by atoms with Crippen molar-refractivity contribution in [3.63, 3.8) is 0 Å². The van der Waals surface area contributed by atoms with Gasteiger partial charge in [0.1, 0.15) is 5.75 Å². The molecule has 0 spiro atoms. The van der Waals surface area contributed by atoms with Crippen LogP contribution in [-0.2, 0) is 6.54 Å². The first kappa shape index (κ1) is 18.0. The van der Waals surface area contributed by atoms with E-state index in [9.17, 15) is 0 Å². The van der Waals surface area contributed by atoms with Crippen LogP contribution in [0.25, 0.3) is 0 Å². The van der Waals surface area contributed by atoms with Gasteiger partial charge in [-0.2, -0.15) is 0 Å². The van der Waals surface area contributed by atoms with E-state index in [2.05, 4.69) is 63.2 Å². The largest absolute Gasteiger partial charge is 0.496 e. The summed E-state index contributed by atoms with van der Waals surface area (Å²) < 4.78 is 5.53. The van der Waals surface area contributed by atoms with Crippen molar-refractivity contribution >= 4 is 0 Å². The van der Waals surface area contributed by atoms with Crippen LogP contribution < -0.4 is 10.1 Å². The van der Waals surface area contributed by atoms with Crippen LogP contribution in [-0.4, -0.2) is 32.1 Å². The van der Waals surface area contributed by atoms with Crippen molar-refractivity contribution in [1.82, 2.24) is 10.2 Å². The van der Waals surface area contributed by atoms with Crippen LogP contribution in [0.2, 0.25) is 0 Å². The highest BCUT2D eigenvalue weighted by Gasteiger charge is 2.15. The van der Waals surface area contributed by atoms with Gasteiger partial charge < -0.3 is 10.1 Å². The van der Waals surface area contributed by atoms with Gasteiger partial charge in [0.15, 0.2) is 0 Å². The normalized spacial score (nSPS) is 14.5. The molecule has 3 heteroatoms. The molecular weight excluding hydrogens is 260 g/mol. The molecular formula is C18H32N2O. The van der Waals surface area contributed by atoms with Crippen molar-refractivity contribution in [1.29, 1.82) is 0 Å². The fraction of sp³-hybridized carbons (Fsp3) is 0.667. The van der Waals surface area contributed by atoms with Gasteiger partial charge in [-0.05, 0) is 58.0 Å². The van der Waals surface area contributed by atoms with E-state index in [-0.39, 0.29) is 0 Å². The molecule has 0 aliphatic rings. The predicted octanol–water partition coefficient (Wildman–Crippen LogP) is 3.84. The molecule has 2 unspecified atom stereocenters. The van der Waals surface area contributed by atoms with E-state index in [1.807, 2.05) is 7.05 Å². The number of rotatable bonds is 8. The molecule has 1 rings (SSSR count). The first-order chi connectivity index (χ1) is 9.88. The zero-order valence-corrected chi connectivity index (χ0v) is 14.7. The standard InChI is InChI=1S/C18H32N2O/c1-13(2)10-14(3)20(6)12-17-11-16(15(4)19-5)8-9-18(17)21-7/h8-9,11,13-15,19H,10,12H2,1-7H3. The van der Waals surface area contributed by atoms with Gasteiger partial charge in [0.05, 0.1) is 7.11 Å². The summed E-state index contributed by atoms with van der Waals surface area (Å²) in [5.74, 6) is 1.70. The van der Waals surface area contributed by atoms with E-state index in [1.165, 1.54) is 17.5 Å². The van der Waals surface area contributed by atoms with Crippen LogP contribution in [0, 0.1) is 5.92 Å². The Hall–Kier alpha value is -1.06. The number of benzene rings is 1. The van der Waals surface area contributed by atoms with Crippen molar-refractivity contribution in [3.8, 4) is 5.75 Å². The van der Waals surface area contributed by atoms with Gasteiger partial charge in [0.25, 0.3) is 0 Å². The molecule has 0 aromatic heterocycles. The summed E-state index contributed by atoms with van der Waals surface area (Å²) in [7, 11) is 5.93.